The Balaban J connectivity index is 2.33. The van der Waals surface area contributed by atoms with Crippen molar-refractivity contribution in [1.29, 1.82) is 0 Å². The fourth-order valence-corrected chi connectivity index (χ4v) is 1.40. The lowest BCUT2D eigenvalue weighted by Gasteiger charge is -2.09. The average molecular weight is 239 g/mol. The predicted octanol–water partition coefficient (Wildman–Crippen LogP) is 0.956. The number of alkyl carbamates (subject to hydrolysis) is 1. The zero-order chi connectivity index (χ0) is 12.5. The highest BCUT2D eigenvalue weighted by atomic mass is 16.6. The van der Waals surface area contributed by atoms with Crippen molar-refractivity contribution in [2.75, 3.05) is 26.9 Å². The van der Waals surface area contributed by atoms with Gasteiger partial charge in [-0.25, -0.2) is 4.79 Å². The third-order valence-corrected chi connectivity index (χ3v) is 2.18. The van der Waals surface area contributed by atoms with Gasteiger partial charge in [0.2, 0.25) is 0 Å². The summed E-state index contributed by atoms with van der Waals surface area (Å²) in [5.41, 5.74) is 1.03. The number of methoxy groups -OCH3 is 1. The second-order valence-corrected chi connectivity index (χ2v) is 3.35. The molecule has 5 heteroatoms. The van der Waals surface area contributed by atoms with Crippen LogP contribution in [0.1, 0.15) is 5.56 Å². The Morgan fingerprint density at radius 1 is 1.41 bits per heavy atom. The van der Waals surface area contributed by atoms with Crippen molar-refractivity contribution < 1.29 is 19.4 Å². The van der Waals surface area contributed by atoms with E-state index in [1.165, 1.54) is 0 Å². The maximum Gasteiger partial charge on any atom is 0.407 e. The van der Waals surface area contributed by atoms with Crippen LogP contribution in [0.5, 0.6) is 5.75 Å². The molecule has 0 heterocycles. The number of hydrogen-bond acceptors (Lipinski definition) is 4. The number of aliphatic hydroxyl groups is 1. The minimum atomic E-state index is -0.519. The number of carbonyl (C=O) groups is 1. The van der Waals surface area contributed by atoms with Crippen molar-refractivity contribution in [3.63, 3.8) is 0 Å². The molecule has 0 bridgehead atoms. The molecule has 0 aromatic heterocycles. The van der Waals surface area contributed by atoms with Crippen molar-refractivity contribution in [1.82, 2.24) is 5.32 Å². The Morgan fingerprint density at radius 2 is 2.18 bits per heavy atom. The molecule has 1 aromatic carbocycles. The summed E-state index contributed by atoms with van der Waals surface area (Å²) in [5, 5.41) is 11.1. The van der Waals surface area contributed by atoms with Crippen LogP contribution in [0.25, 0.3) is 0 Å². The van der Waals surface area contributed by atoms with Crippen LogP contribution in [-0.4, -0.2) is 38.1 Å². The molecular weight excluding hydrogens is 222 g/mol. The highest BCUT2D eigenvalue weighted by Gasteiger charge is 2.03. The monoisotopic (exact) mass is 239 g/mol. The van der Waals surface area contributed by atoms with E-state index in [-0.39, 0.29) is 13.2 Å². The van der Waals surface area contributed by atoms with E-state index in [0.29, 0.717) is 13.0 Å². The van der Waals surface area contributed by atoms with E-state index < -0.39 is 6.09 Å². The minimum Gasteiger partial charge on any atom is -0.496 e. The van der Waals surface area contributed by atoms with Crippen LogP contribution in [0.15, 0.2) is 24.3 Å². The van der Waals surface area contributed by atoms with E-state index in [1.807, 2.05) is 24.3 Å². The summed E-state index contributed by atoms with van der Waals surface area (Å²) in [4.78, 5) is 11.1. The van der Waals surface area contributed by atoms with Crippen LogP contribution in [0, 0.1) is 0 Å². The molecule has 0 saturated carbocycles. The van der Waals surface area contributed by atoms with Crippen molar-refractivity contribution in [3.05, 3.63) is 29.8 Å². The molecule has 0 saturated heterocycles. The molecule has 0 aliphatic rings. The van der Waals surface area contributed by atoms with Crippen molar-refractivity contribution in [2.45, 2.75) is 6.42 Å². The summed E-state index contributed by atoms with van der Waals surface area (Å²) in [5.74, 6) is 0.804. The van der Waals surface area contributed by atoms with Gasteiger partial charge in [-0.2, -0.15) is 0 Å². The Kier molecular flexibility index (Phi) is 5.88. The maximum atomic E-state index is 11.1. The highest BCUT2D eigenvalue weighted by molar-refractivity contribution is 5.67. The minimum absolute atomic E-state index is 0.0144. The first-order valence-corrected chi connectivity index (χ1v) is 5.41. The first-order valence-electron chi connectivity index (χ1n) is 5.41. The third-order valence-electron chi connectivity index (χ3n) is 2.18. The zero-order valence-corrected chi connectivity index (χ0v) is 9.81. The van der Waals surface area contributed by atoms with Crippen LogP contribution >= 0.6 is 0 Å². The van der Waals surface area contributed by atoms with Crippen molar-refractivity contribution in [2.24, 2.45) is 0 Å². The molecule has 0 radical (unpaired) electrons. The second-order valence-electron chi connectivity index (χ2n) is 3.35. The summed E-state index contributed by atoms with van der Waals surface area (Å²) in [6, 6.07) is 7.63. The Morgan fingerprint density at radius 3 is 2.88 bits per heavy atom. The maximum absolute atomic E-state index is 11.1. The zero-order valence-electron chi connectivity index (χ0n) is 9.81. The largest absolute Gasteiger partial charge is 0.496 e. The predicted molar refractivity (Wildman–Crippen MR) is 63.1 cm³/mol. The first kappa shape index (κ1) is 13.3. The quantitative estimate of drug-likeness (QED) is 0.775. The van der Waals surface area contributed by atoms with Gasteiger partial charge >= 0.3 is 6.09 Å². The summed E-state index contributed by atoms with van der Waals surface area (Å²) in [7, 11) is 1.61. The normalized spacial score (nSPS) is 9.76. The molecule has 0 unspecified atom stereocenters. The van der Waals surface area contributed by atoms with E-state index in [9.17, 15) is 4.79 Å². The average Bonchev–Trinajstić information content (AvgIpc) is 2.37. The van der Waals surface area contributed by atoms with Crippen LogP contribution in [0.3, 0.4) is 0 Å². The summed E-state index contributed by atoms with van der Waals surface area (Å²) >= 11 is 0. The van der Waals surface area contributed by atoms with Gasteiger partial charge < -0.3 is 19.9 Å². The van der Waals surface area contributed by atoms with Crippen LogP contribution in [-0.2, 0) is 11.2 Å². The van der Waals surface area contributed by atoms with Crippen LogP contribution < -0.4 is 10.1 Å². The number of hydrogen-bond donors (Lipinski definition) is 2. The van der Waals surface area contributed by atoms with Gasteiger partial charge in [0.05, 0.1) is 13.7 Å². The number of aliphatic hydroxyl groups excluding tert-OH is 1. The molecule has 0 aliphatic carbocycles. The molecule has 94 valence electrons. The number of ether oxygens (including phenoxy) is 2. The first-order chi connectivity index (χ1) is 8.27. The number of para-hydroxylation sites is 1. The molecule has 5 nitrogen and oxygen atoms in total. The SMILES string of the molecule is COc1ccccc1CCNC(=O)OCCO. The third kappa shape index (κ3) is 4.74. The molecular formula is C12H17NO4. The van der Waals surface area contributed by atoms with E-state index in [2.05, 4.69) is 10.1 Å². The van der Waals surface area contributed by atoms with Gasteiger partial charge in [-0.3, -0.25) is 0 Å². The molecule has 2 N–H and O–H groups in total. The lowest BCUT2D eigenvalue weighted by atomic mass is 10.1. The molecule has 0 aliphatic heterocycles. The molecule has 0 atom stereocenters. The number of nitrogens with one attached hydrogen (secondary N) is 1. The number of benzene rings is 1. The van der Waals surface area contributed by atoms with E-state index in [1.54, 1.807) is 7.11 Å². The van der Waals surface area contributed by atoms with E-state index in [0.717, 1.165) is 11.3 Å². The van der Waals surface area contributed by atoms with Crippen LogP contribution in [0.2, 0.25) is 0 Å². The lowest BCUT2D eigenvalue weighted by molar-refractivity contribution is 0.119. The van der Waals surface area contributed by atoms with Gasteiger partial charge in [0, 0.05) is 6.54 Å². The standard InChI is InChI=1S/C12H17NO4/c1-16-11-5-3-2-4-10(11)6-7-13-12(15)17-9-8-14/h2-5,14H,6-9H2,1H3,(H,13,15). The number of carbonyl (C=O) groups excluding carboxylic acids is 1. The number of amides is 1. The summed E-state index contributed by atoms with van der Waals surface area (Å²) in [6.45, 7) is 0.311. The molecule has 17 heavy (non-hydrogen) atoms. The van der Waals surface area contributed by atoms with Gasteiger partial charge in [0.1, 0.15) is 12.4 Å². The summed E-state index contributed by atoms with van der Waals surface area (Å²) < 4.78 is 9.85. The summed E-state index contributed by atoms with van der Waals surface area (Å²) in [6.07, 6.45) is 0.145. The van der Waals surface area contributed by atoms with Gasteiger partial charge in [0.15, 0.2) is 0 Å². The number of rotatable bonds is 6. The van der Waals surface area contributed by atoms with Gasteiger partial charge in [0.25, 0.3) is 0 Å². The van der Waals surface area contributed by atoms with Crippen LogP contribution in [0.4, 0.5) is 4.79 Å². The van der Waals surface area contributed by atoms with Gasteiger partial charge in [-0.05, 0) is 18.1 Å². The second kappa shape index (κ2) is 7.51. The molecule has 1 rings (SSSR count). The fraction of sp³-hybridized carbons (Fsp3) is 0.417. The molecule has 1 amide bonds. The van der Waals surface area contributed by atoms with Gasteiger partial charge in [-0.15, -0.1) is 0 Å². The smallest absolute Gasteiger partial charge is 0.407 e. The molecule has 1 aromatic rings. The van der Waals surface area contributed by atoms with Crippen molar-refractivity contribution in [3.8, 4) is 5.75 Å². The highest BCUT2D eigenvalue weighted by Crippen LogP contribution is 2.17. The van der Waals surface area contributed by atoms with E-state index in [4.69, 9.17) is 9.84 Å². The Labute approximate surface area is 100 Å². The van der Waals surface area contributed by atoms with Crippen molar-refractivity contribution >= 4 is 6.09 Å². The van der Waals surface area contributed by atoms with Gasteiger partial charge in [-0.1, -0.05) is 18.2 Å². The lowest BCUT2D eigenvalue weighted by Crippen LogP contribution is -2.27. The Hall–Kier alpha value is -1.75. The Bertz CT molecular complexity index is 354. The molecule has 0 fully saturated rings. The van der Waals surface area contributed by atoms with E-state index >= 15 is 0 Å². The molecule has 0 spiro atoms. The fourth-order valence-electron chi connectivity index (χ4n) is 1.40. The topological polar surface area (TPSA) is 67.8 Å².